The Morgan fingerprint density at radius 3 is 2.71 bits per heavy atom. The SMILES string of the molecule is COc1ccc(OC)c(C2CCCN2Cc2nc3ccccc3n2C(F)F)c1. The first-order valence-corrected chi connectivity index (χ1v) is 9.32. The molecule has 1 unspecified atom stereocenters. The first kappa shape index (κ1) is 18.7. The van der Waals surface area contributed by atoms with Gasteiger partial charge in [-0.15, -0.1) is 0 Å². The molecule has 1 aromatic heterocycles. The molecule has 0 spiro atoms. The molecular formula is C21H23F2N3O2. The lowest BCUT2D eigenvalue weighted by atomic mass is 10.0. The molecule has 0 amide bonds. The molecular weight excluding hydrogens is 364 g/mol. The Hall–Kier alpha value is -2.67. The number of rotatable bonds is 6. The van der Waals surface area contributed by atoms with E-state index in [1.807, 2.05) is 24.3 Å². The monoisotopic (exact) mass is 387 g/mol. The molecule has 5 nitrogen and oxygen atoms in total. The van der Waals surface area contributed by atoms with E-state index in [1.165, 1.54) is 0 Å². The maximum Gasteiger partial charge on any atom is 0.320 e. The van der Waals surface area contributed by atoms with E-state index >= 15 is 0 Å². The zero-order valence-corrected chi connectivity index (χ0v) is 15.9. The number of halogens is 2. The standard InChI is InChI=1S/C21H23F2N3O2/c1-27-14-9-10-19(28-2)15(12-14)17-8-5-11-25(17)13-20-24-16-6-3-4-7-18(16)26(20)21(22)23/h3-4,6-7,9-10,12,17,21H,5,8,11,13H2,1-2H3. The Balaban J connectivity index is 1.69. The van der Waals surface area contributed by atoms with Gasteiger partial charge in [-0.3, -0.25) is 9.47 Å². The van der Waals surface area contributed by atoms with E-state index < -0.39 is 6.55 Å². The number of hydrogen-bond acceptors (Lipinski definition) is 4. The van der Waals surface area contributed by atoms with Crippen LogP contribution in [0.3, 0.4) is 0 Å². The second kappa shape index (κ2) is 7.75. The van der Waals surface area contributed by atoms with E-state index in [-0.39, 0.29) is 6.04 Å². The zero-order chi connectivity index (χ0) is 19.7. The molecule has 28 heavy (non-hydrogen) atoms. The molecule has 2 aromatic carbocycles. The molecule has 148 valence electrons. The highest BCUT2D eigenvalue weighted by atomic mass is 19.3. The van der Waals surface area contributed by atoms with Crippen LogP contribution in [-0.4, -0.2) is 35.2 Å². The molecule has 0 saturated carbocycles. The molecule has 0 aliphatic carbocycles. The molecule has 1 atom stereocenters. The van der Waals surface area contributed by atoms with Gasteiger partial charge in [0.25, 0.3) is 0 Å². The van der Waals surface area contributed by atoms with Crippen LogP contribution in [-0.2, 0) is 6.54 Å². The van der Waals surface area contributed by atoms with Crippen molar-refractivity contribution in [1.82, 2.24) is 14.5 Å². The molecule has 1 fully saturated rings. The molecule has 3 aromatic rings. The molecule has 0 radical (unpaired) electrons. The average Bonchev–Trinajstić information content (AvgIpc) is 3.31. The summed E-state index contributed by atoms with van der Waals surface area (Å²) in [6.45, 7) is -1.46. The predicted octanol–water partition coefficient (Wildman–Crippen LogP) is 4.79. The van der Waals surface area contributed by atoms with Gasteiger partial charge in [0.2, 0.25) is 0 Å². The first-order valence-electron chi connectivity index (χ1n) is 9.32. The van der Waals surface area contributed by atoms with Gasteiger partial charge in [-0.2, -0.15) is 8.78 Å². The van der Waals surface area contributed by atoms with Crippen LogP contribution in [0, 0.1) is 0 Å². The molecule has 2 heterocycles. The number of benzene rings is 2. The highest BCUT2D eigenvalue weighted by molar-refractivity contribution is 5.76. The summed E-state index contributed by atoms with van der Waals surface area (Å²) >= 11 is 0. The van der Waals surface area contributed by atoms with Crippen LogP contribution in [0.2, 0.25) is 0 Å². The molecule has 1 aliphatic rings. The third-order valence-corrected chi connectivity index (χ3v) is 5.37. The minimum atomic E-state index is -2.63. The molecule has 0 N–H and O–H groups in total. The summed E-state index contributed by atoms with van der Waals surface area (Å²) in [6.07, 6.45) is 1.92. The van der Waals surface area contributed by atoms with Crippen molar-refractivity contribution in [2.45, 2.75) is 32.0 Å². The fourth-order valence-corrected chi connectivity index (χ4v) is 4.07. The van der Waals surface area contributed by atoms with Crippen LogP contribution in [0.4, 0.5) is 8.78 Å². The van der Waals surface area contributed by atoms with Crippen molar-refractivity contribution in [2.24, 2.45) is 0 Å². The van der Waals surface area contributed by atoms with Gasteiger partial charge >= 0.3 is 6.55 Å². The number of imidazole rings is 1. The number of nitrogens with zero attached hydrogens (tertiary/aromatic N) is 3. The fourth-order valence-electron chi connectivity index (χ4n) is 4.07. The quantitative estimate of drug-likeness (QED) is 0.610. The topological polar surface area (TPSA) is 39.5 Å². The molecule has 4 rings (SSSR count). The number of likely N-dealkylation sites (tertiary alicyclic amines) is 1. The van der Waals surface area contributed by atoms with Crippen LogP contribution in [0.1, 0.15) is 36.8 Å². The van der Waals surface area contributed by atoms with Crippen molar-refractivity contribution in [3.05, 3.63) is 53.9 Å². The van der Waals surface area contributed by atoms with Crippen molar-refractivity contribution >= 4 is 11.0 Å². The van der Waals surface area contributed by atoms with Crippen LogP contribution in [0.5, 0.6) is 11.5 Å². The third kappa shape index (κ3) is 3.30. The first-order chi connectivity index (χ1) is 13.6. The summed E-state index contributed by atoms with van der Waals surface area (Å²) in [5, 5.41) is 0. The zero-order valence-electron chi connectivity index (χ0n) is 15.9. The van der Waals surface area contributed by atoms with Crippen LogP contribution < -0.4 is 9.47 Å². The van der Waals surface area contributed by atoms with Crippen LogP contribution in [0.15, 0.2) is 42.5 Å². The summed E-state index contributed by atoms with van der Waals surface area (Å²) < 4.78 is 39.5. The third-order valence-electron chi connectivity index (χ3n) is 5.37. The van der Waals surface area contributed by atoms with Crippen LogP contribution >= 0.6 is 0 Å². The van der Waals surface area contributed by atoms with Gasteiger partial charge in [0.1, 0.15) is 17.3 Å². The highest BCUT2D eigenvalue weighted by Crippen LogP contribution is 2.40. The maximum absolute atomic E-state index is 13.8. The number of fused-ring (bicyclic) bond motifs is 1. The number of ether oxygens (including phenoxy) is 2. The van der Waals surface area contributed by atoms with Gasteiger partial charge in [0, 0.05) is 11.6 Å². The number of methoxy groups -OCH3 is 2. The van der Waals surface area contributed by atoms with E-state index in [0.29, 0.717) is 23.4 Å². The number of para-hydroxylation sites is 2. The second-order valence-corrected chi connectivity index (χ2v) is 6.90. The number of alkyl halides is 2. The lowest BCUT2D eigenvalue weighted by molar-refractivity contribution is 0.0678. The van der Waals surface area contributed by atoms with Crippen molar-refractivity contribution in [3.8, 4) is 11.5 Å². The lowest BCUT2D eigenvalue weighted by Crippen LogP contribution is -2.25. The van der Waals surface area contributed by atoms with Crippen molar-refractivity contribution in [2.75, 3.05) is 20.8 Å². The Kier molecular flexibility index (Phi) is 5.17. The maximum atomic E-state index is 13.8. The van der Waals surface area contributed by atoms with E-state index in [9.17, 15) is 8.78 Å². The Morgan fingerprint density at radius 2 is 1.96 bits per heavy atom. The van der Waals surface area contributed by atoms with E-state index in [2.05, 4.69) is 9.88 Å². The van der Waals surface area contributed by atoms with Crippen LogP contribution in [0.25, 0.3) is 11.0 Å². The lowest BCUT2D eigenvalue weighted by Gasteiger charge is -2.26. The van der Waals surface area contributed by atoms with Crippen molar-refractivity contribution < 1.29 is 18.3 Å². The minimum absolute atomic E-state index is 0.0657. The molecule has 7 heteroatoms. The molecule has 1 aliphatic heterocycles. The Bertz CT molecular complexity index is 973. The van der Waals surface area contributed by atoms with Crippen molar-refractivity contribution in [1.29, 1.82) is 0 Å². The predicted molar refractivity (Wildman–Crippen MR) is 103 cm³/mol. The number of hydrogen-bond donors (Lipinski definition) is 0. The Labute approximate surface area is 162 Å². The van der Waals surface area contributed by atoms with Gasteiger partial charge in [-0.05, 0) is 49.7 Å². The van der Waals surface area contributed by atoms with Gasteiger partial charge in [-0.1, -0.05) is 12.1 Å². The highest BCUT2D eigenvalue weighted by Gasteiger charge is 2.31. The van der Waals surface area contributed by atoms with E-state index in [0.717, 1.165) is 41.0 Å². The van der Waals surface area contributed by atoms with Crippen molar-refractivity contribution in [3.63, 3.8) is 0 Å². The normalized spacial score (nSPS) is 17.5. The summed E-state index contributed by atoms with van der Waals surface area (Å²) in [4.78, 5) is 6.68. The van der Waals surface area contributed by atoms with Gasteiger partial charge < -0.3 is 9.47 Å². The second-order valence-electron chi connectivity index (χ2n) is 6.90. The average molecular weight is 387 g/mol. The van der Waals surface area contributed by atoms with E-state index in [4.69, 9.17) is 9.47 Å². The Morgan fingerprint density at radius 1 is 1.14 bits per heavy atom. The van der Waals surface area contributed by atoms with Gasteiger partial charge in [-0.25, -0.2) is 4.98 Å². The molecule has 1 saturated heterocycles. The summed E-state index contributed by atoms with van der Waals surface area (Å²) in [7, 11) is 3.27. The minimum Gasteiger partial charge on any atom is -0.497 e. The number of aromatic nitrogens is 2. The summed E-state index contributed by atoms with van der Waals surface area (Å²) in [6, 6.07) is 12.8. The van der Waals surface area contributed by atoms with Gasteiger partial charge in [0.15, 0.2) is 0 Å². The summed E-state index contributed by atoms with van der Waals surface area (Å²) in [5.41, 5.74) is 2.06. The smallest absolute Gasteiger partial charge is 0.320 e. The fraction of sp³-hybridized carbons (Fsp3) is 0.381. The van der Waals surface area contributed by atoms with Gasteiger partial charge in [0.05, 0.1) is 31.8 Å². The summed E-state index contributed by atoms with van der Waals surface area (Å²) in [5.74, 6) is 1.91. The largest absolute Gasteiger partial charge is 0.497 e. The molecule has 0 bridgehead atoms. The van der Waals surface area contributed by atoms with E-state index in [1.54, 1.807) is 32.4 Å².